The van der Waals surface area contributed by atoms with E-state index in [-0.39, 0.29) is 45.0 Å². The molecule has 6 aliphatic rings. The minimum absolute atomic E-state index is 0.0116. The van der Waals surface area contributed by atoms with Crippen LogP contribution in [-0.2, 0) is 27.1 Å². The third-order valence-electron chi connectivity index (χ3n) is 17.1. The number of aliphatic hydroxyl groups is 2. The molecule has 0 aromatic heterocycles. The van der Waals surface area contributed by atoms with Gasteiger partial charge < -0.3 is 24.8 Å². The van der Waals surface area contributed by atoms with Crippen LogP contribution in [0.1, 0.15) is 130 Å². The molecule has 0 radical (unpaired) electrons. The van der Waals surface area contributed by atoms with Crippen LogP contribution >= 0.6 is 0 Å². The van der Waals surface area contributed by atoms with Crippen LogP contribution < -0.4 is 0 Å². The molecule has 5 saturated carbocycles. The molecular weight excluding hydrogens is 600 g/mol. The van der Waals surface area contributed by atoms with E-state index in [9.17, 15) is 20.1 Å². The van der Waals surface area contributed by atoms with Crippen molar-refractivity contribution in [3.8, 4) is 0 Å². The van der Waals surface area contributed by atoms with Crippen LogP contribution in [0.2, 0.25) is 0 Å². The molecule has 1 heterocycles. The molecule has 3 N–H and O–H groups in total. The molecule has 1 saturated heterocycles. The van der Waals surface area contributed by atoms with Crippen molar-refractivity contribution >= 4 is 5.97 Å². The third kappa shape index (κ3) is 4.66. The lowest BCUT2D eigenvalue weighted by molar-refractivity contribution is -0.288. The number of fused-ring (bicyclic) bond motifs is 7. The summed E-state index contributed by atoms with van der Waals surface area (Å²) in [6.07, 6.45) is 12.1. The second kappa shape index (κ2) is 11.5. The van der Waals surface area contributed by atoms with Crippen molar-refractivity contribution in [1.82, 2.24) is 0 Å². The average Bonchev–Trinajstić information content (AvgIpc) is 3.18. The second-order valence-electron chi connectivity index (χ2n) is 19.1. The Hall–Kier alpha value is -1.47. The smallest absolute Gasteiger partial charge is 0.309 e. The quantitative estimate of drug-likeness (QED) is 0.259. The van der Waals surface area contributed by atoms with Crippen molar-refractivity contribution in [3.05, 3.63) is 35.4 Å². The lowest BCUT2D eigenvalue weighted by Gasteiger charge is -2.75. The van der Waals surface area contributed by atoms with E-state index in [2.05, 4.69) is 58.9 Å². The van der Waals surface area contributed by atoms with Gasteiger partial charge in [0, 0.05) is 24.9 Å². The zero-order valence-corrected chi connectivity index (χ0v) is 30.9. The molecule has 6 heteroatoms. The number of carbonyl (C=O) groups is 1. The number of carboxylic acid groups (broad SMARTS) is 1. The van der Waals surface area contributed by atoms with Gasteiger partial charge in [0.15, 0.2) is 5.79 Å². The maximum Gasteiger partial charge on any atom is 0.309 e. The highest BCUT2D eigenvalue weighted by Crippen LogP contribution is 2.80. The van der Waals surface area contributed by atoms with Crippen LogP contribution in [0.3, 0.4) is 0 Å². The molecule has 6 fully saturated rings. The van der Waals surface area contributed by atoms with Crippen molar-refractivity contribution in [2.24, 2.45) is 56.2 Å². The van der Waals surface area contributed by atoms with Crippen molar-refractivity contribution in [1.29, 1.82) is 0 Å². The van der Waals surface area contributed by atoms with Gasteiger partial charge in [0.05, 0.1) is 24.2 Å². The molecule has 268 valence electrons. The summed E-state index contributed by atoms with van der Waals surface area (Å²) >= 11 is 0. The molecule has 2 bridgehead atoms. The Bertz CT molecular complexity index is 1390. The summed E-state index contributed by atoms with van der Waals surface area (Å²) in [5.74, 6) is -1.04. The summed E-state index contributed by atoms with van der Waals surface area (Å²) < 4.78 is 12.2. The molecule has 1 aromatic carbocycles. The first-order valence-electron chi connectivity index (χ1n) is 19.4. The minimum atomic E-state index is -1.29. The summed E-state index contributed by atoms with van der Waals surface area (Å²) in [6.45, 7) is 15.0. The van der Waals surface area contributed by atoms with Crippen molar-refractivity contribution < 1.29 is 29.6 Å². The standard InChI is InChI=1S/C42H64O6/c1-8-9-31-41-16-14-30-38(4,20-22-40(6)32-26-37(3,35(44)45)18-17-36(32,2)19-21-39(30,40)5)34(41)29(43)25-42(31,46)48-33(41)24-28-12-10-27(11-13-28)15-23-47-7/h10-13,29-34,43,46H,8-9,14-26H2,1-7H3,(H,44,45)/t29-,30-,31+,32+,33+,34-,36+,37+,38+,39+,40-,41+,42-/m0/s1. The van der Waals surface area contributed by atoms with E-state index in [4.69, 9.17) is 9.47 Å². The Morgan fingerprint density at radius 1 is 0.896 bits per heavy atom. The molecule has 6 nitrogen and oxygen atoms in total. The fourth-order valence-corrected chi connectivity index (χ4v) is 14.4. The van der Waals surface area contributed by atoms with E-state index in [0.29, 0.717) is 24.9 Å². The van der Waals surface area contributed by atoms with Crippen molar-refractivity contribution in [2.45, 2.75) is 149 Å². The number of methoxy groups -OCH3 is 1. The molecule has 0 unspecified atom stereocenters. The molecular formula is C42H64O6. The predicted octanol–water partition coefficient (Wildman–Crippen LogP) is 8.20. The van der Waals surface area contributed by atoms with E-state index in [0.717, 1.165) is 77.0 Å². The first-order valence-corrected chi connectivity index (χ1v) is 19.4. The van der Waals surface area contributed by atoms with Crippen LogP contribution in [-0.4, -0.2) is 53.0 Å². The highest BCUT2D eigenvalue weighted by Gasteiger charge is 2.78. The maximum absolute atomic E-state index is 12.6. The number of aliphatic hydroxyl groups excluding tert-OH is 1. The molecule has 5 aliphatic carbocycles. The van der Waals surface area contributed by atoms with Gasteiger partial charge in [-0.2, -0.15) is 0 Å². The summed E-state index contributed by atoms with van der Waals surface area (Å²) in [4.78, 5) is 12.6. The lowest BCUT2D eigenvalue weighted by atomic mass is 9.29. The van der Waals surface area contributed by atoms with E-state index >= 15 is 0 Å². The van der Waals surface area contributed by atoms with Gasteiger partial charge in [-0.25, -0.2) is 0 Å². The highest BCUT2D eigenvalue weighted by molar-refractivity contribution is 5.74. The fraction of sp³-hybridized carbons (Fsp3) is 0.833. The predicted molar refractivity (Wildman–Crippen MR) is 187 cm³/mol. The number of carboxylic acids is 1. The Balaban J connectivity index is 1.26. The summed E-state index contributed by atoms with van der Waals surface area (Å²) in [5.41, 5.74) is 1.75. The SMILES string of the molecule is CCC[C@@H]1[C@@]23CC[C@H]4[C@@](C)(CC[C@@]5(C)[C@@H]6C[C@](C)(C(=O)O)CC[C@]6(C)CC[C@]45C)[C@@H]2[C@@H](O)C[C@]1(O)O[C@@H]3Cc1ccc(CCOC)cc1. The van der Waals surface area contributed by atoms with Gasteiger partial charge in [0.1, 0.15) is 0 Å². The first kappa shape index (κ1) is 35.0. The van der Waals surface area contributed by atoms with Crippen molar-refractivity contribution in [3.63, 3.8) is 0 Å². The average molecular weight is 665 g/mol. The number of benzene rings is 1. The van der Waals surface area contributed by atoms with Gasteiger partial charge in [-0.3, -0.25) is 4.79 Å². The van der Waals surface area contributed by atoms with Gasteiger partial charge in [0.25, 0.3) is 0 Å². The Morgan fingerprint density at radius 2 is 1.54 bits per heavy atom. The normalized spacial score (nSPS) is 50.9. The third-order valence-corrected chi connectivity index (χ3v) is 17.1. The van der Waals surface area contributed by atoms with Crippen LogP contribution in [0.15, 0.2) is 24.3 Å². The molecule has 13 atom stereocenters. The fourth-order valence-electron chi connectivity index (χ4n) is 14.4. The zero-order valence-electron chi connectivity index (χ0n) is 30.9. The molecule has 1 spiro atoms. The zero-order chi connectivity index (χ0) is 34.5. The summed E-state index contributed by atoms with van der Waals surface area (Å²) in [6, 6.07) is 8.87. The van der Waals surface area contributed by atoms with Crippen LogP contribution in [0, 0.1) is 56.2 Å². The van der Waals surface area contributed by atoms with E-state index in [1.165, 1.54) is 17.5 Å². The Labute approximate surface area is 289 Å². The minimum Gasteiger partial charge on any atom is -0.481 e. The van der Waals surface area contributed by atoms with Crippen molar-refractivity contribution in [2.75, 3.05) is 13.7 Å². The molecule has 0 amide bonds. The number of hydrogen-bond donors (Lipinski definition) is 3. The van der Waals surface area contributed by atoms with Crippen LogP contribution in [0.25, 0.3) is 0 Å². The van der Waals surface area contributed by atoms with Gasteiger partial charge in [0.2, 0.25) is 0 Å². The highest BCUT2D eigenvalue weighted by atomic mass is 16.6. The maximum atomic E-state index is 12.6. The largest absolute Gasteiger partial charge is 0.481 e. The number of hydrogen-bond acceptors (Lipinski definition) is 5. The monoisotopic (exact) mass is 664 g/mol. The molecule has 48 heavy (non-hydrogen) atoms. The van der Waals surface area contributed by atoms with Gasteiger partial charge in [-0.1, -0.05) is 65.3 Å². The Morgan fingerprint density at radius 3 is 2.21 bits per heavy atom. The van der Waals surface area contributed by atoms with E-state index in [1.54, 1.807) is 7.11 Å². The Kier molecular flexibility index (Phi) is 8.39. The van der Waals surface area contributed by atoms with E-state index < -0.39 is 23.3 Å². The van der Waals surface area contributed by atoms with Gasteiger partial charge in [-0.05, 0) is 135 Å². The van der Waals surface area contributed by atoms with Gasteiger partial charge in [-0.15, -0.1) is 0 Å². The number of ether oxygens (including phenoxy) is 2. The number of rotatable bonds is 8. The van der Waals surface area contributed by atoms with Gasteiger partial charge >= 0.3 is 5.97 Å². The van der Waals surface area contributed by atoms with Crippen LogP contribution in [0.4, 0.5) is 0 Å². The summed E-state index contributed by atoms with van der Waals surface area (Å²) in [7, 11) is 1.74. The van der Waals surface area contributed by atoms with E-state index in [1.807, 2.05) is 6.92 Å². The van der Waals surface area contributed by atoms with Crippen LogP contribution in [0.5, 0.6) is 0 Å². The second-order valence-corrected chi connectivity index (χ2v) is 19.1. The summed E-state index contributed by atoms with van der Waals surface area (Å²) in [5, 5.41) is 35.0. The topological polar surface area (TPSA) is 96.2 Å². The molecule has 7 rings (SSSR count). The molecule has 1 aliphatic heterocycles. The lowest BCUT2D eigenvalue weighted by Crippen LogP contribution is -2.71. The molecule has 1 aromatic rings. The first-order chi connectivity index (χ1) is 22.6. The number of aliphatic carboxylic acids is 1.